The fourth-order valence-corrected chi connectivity index (χ4v) is 4.97. The molecule has 8 nitrogen and oxygen atoms in total. The third-order valence-corrected chi connectivity index (χ3v) is 6.75. The predicted molar refractivity (Wildman–Crippen MR) is 132 cm³/mol. The summed E-state index contributed by atoms with van der Waals surface area (Å²) in [5, 5.41) is 0.529. The summed E-state index contributed by atoms with van der Waals surface area (Å²) >= 11 is 0. The average molecular weight is 468 g/mol. The van der Waals surface area contributed by atoms with Crippen LogP contribution in [-0.4, -0.2) is 44.5 Å². The SMILES string of the molecule is COc1ccc2nc(-c3cc(OC)c(OC)c(OC)c3)n(CC3CCCC(CN)C3)c(=O)c2c1. The number of nitrogens with two attached hydrogens (primary N) is 1. The Balaban J connectivity index is 1.91. The van der Waals surface area contributed by atoms with Crippen LogP contribution in [-0.2, 0) is 6.54 Å². The van der Waals surface area contributed by atoms with Gasteiger partial charge in [-0.15, -0.1) is 0 Å². The van der Waals surface area contributed by atoms with E-state index in [1.165, 1.54) is 0 Å². The Morgan fingerprint density at radius 3 is 2.29 bits per heavy atom. The minimum Gasteiger partial charge on any atom is -0.497 e. The van der Waals surface area contributed by atoms with Crippen molar-refractivity contribution in [2.75, 3.05) is 35.0 Å². The zero-order valence-electron chi connectivity index (χ0n) is 20.3. The van der Waals surface area contributed by atoms with Crippen molar-refractivity contribution in [1.82, 2.24) is 9.55 Å². The van der Waals surface area contributed by atoms with Crippen LogP contribution in [0.15, 0.2) is 35.1 Å². The van der Waals surface area contributed by atoms with Crippen LogP contribution in [0, 0.1) is 11.8 Å². The summed E-state index contributed by atoms with van der Waals surface area (Å²) in [6, 6.07) is 9.04. The van der Waals surface area contributed by atoms with Crippen molar-refractivity contribution in [2.24, 2.45) is 17.6 Å². The lowest BCUT2D eigenvalue weighted by Gasteiger charge is -2.29. The van der Waals surface area contributed by atoms with Gasteiger partial charge in [0.25, 0.3) is 5.56 Å². The maximum absolute atomic E-state index is 13.8. The van der Waals surface area contributed by atoms with Crippen LogP contribution in [0.2, 0.25) is 0 Å². The molecule has 2 unspecified atom stereocenters. The van der Waals surface area contributed by atoms with Gasteiger partial charge in [0.1, 0.15) is 11.6 Å². The number of aromatic nitrogens is 2. The highest BCUT2D eigenvalue weighted by molar-refractivity contribution is 5.82. The zero-order chi connectivity index (χ0) is 24.2. The summed E-state index contributed by atoms with van der Waals surface area (Å²) in [4.78, 5) is 18.7. The first-order chi connectivity index (χ1) is 16.5. The highest BCUT2D eigenvalue weighted by Gasteiger charge is 2.25. The topological polar surface area (TPSA) is 97.8 Å². The van der Waals surface area contributed by atoms with E-state index in [0.29, 0.717) is 64.7 Å². The van der Waals surface area contributed by atoms with Crippen LogP contribution in [0.1, 0.15) is 25.7 Å². The van der Waals surface area contributed by atoms with E-state index in [1.54, 1.807) is 39.1 Å². The predicted octanol–water partition coefficient (Wildman–Crippen LogP) is 3.86. The monoisotopic (exact) mass is 467 g/mol. The second-order valence-corrected chi connectivity index (χ2v) is 8.78. The summed E-state index contributed by atoms with van der Waals surface area (Å²) in [7, 11) is 6.30. The van der Waals surface area contributed by atoms with Crippen LogP contribution in [0.5, 0.6) is 23.0 Å². The van der Waals surface area contributed by atoms with Crippen molar-refractivity contribution in [1.29, 1.82) is 0 Å². The van der Waals surface area contributed by atoms with Crippen LogP contribution in [0.4, 0.5) is 0 Å². The van der Waals surface area contributed by atoms with Crippen LogP contribution >= 0.6 is 0 Å². The number of nitrogens with zero attached hydrogens (tertiary/aromatic N) is 2. The molecule has 4 rings (SSSR count). The maximum atomic E-state index is 13.8. The Morgan fingerprint density at radius 2 is 1.68 bits per heavy atom. The van der Waals surface area contributed by atoms with Crippen molar-refractivity contribution in [2.45, 2.75) is 32.2 Å². The molecule has 0 aliphatic heterocycles. The Kier molecular flexibility index (Phi) is 7.26. The Morgan fingerprint density at radius 1 is 0.971 bits per heavy atom. The van der Waals surface area contributed by atoms with Gasteiger partial charge >= 0.3 is 0 Å². The number of hydrogen-bond acceptors (Lipinski definition) is 7. The van der Waals surface area contributed by atoms with E-state index in [4.69, 9.17) is 29.7 Å². The van der Waals surface area contributed by atoms with Gasteiger partial charge in [-0.3, -0.25) is 9.36 Å². The van der Waals surface area contributed by atoms with Crippen molar-refractivity contribution in [3.63, 3.8) is 0 Å². The third-order valence-electron chi connectivity index (χ3n) is 6.75. The van der Waals surface area contributed by atoms with Crippen LogP contribution in [0.25, 0.3) is 22.3 Å². The second-order valence-electron chi connectivity index (χ2n) is 8.78. The van der Waals surface area contributed by atoms with Gasteiger partial charge in [0.05, 0.1) is 39.3 Å². The molecule has 8 heteroatoms. The summed E-state index contributed by atoms with van der Waals surface area (Å²) in [6.45, 7) is 1.25. The van der Waals surface area contributed by atoms with Crippen molar-refractivity contribution in [3.8, 4) is 34.4 Å². The molecule has 0 radical (unpaired) electrons. The lowest BCUT2D eigenvalue weighted by Crippen LogP contribution is -2.30. The number of methoxy groups -OCH3 is 4. The molecular formula is C26H33N3O5. The van der Waals surface area contributed by atoms with E-state index in [-0.39, 0.29) is 5.56 Å². The number of ether oxygens (including phenoxy) is 4. The quantitative estimate of drug-likeness (QED) is 0.537. The van der Waals surface area contributed by atoms with E-state index in [1.807, 2.05) is 24.3 Å². The molecule has 1 saturated carbocycles. The van der Waals surface area contributed by atoms with Gasteiger partial charge in [-0.25, -0.2) is 4.98 Å². The average Bonchev–Trinajstić information content (AvgIpc) is 2.89. The molecule has 34 heavy (non-hydrogen) atoms. The minimum absolute atomic E-state index is 0.0949. The summed E-state index contributed by atoms with van der Waals surface area (Å²) in [5.41, 5.74) is 7.20. The molecule has 1 aliphatic carbocycles. The molecule has 1 aliphatic rings. The highest BCUT2D eigenvalue weighted by atomic mass is 16.5. The molecule has 0 saturated heterocycles. The third kappa shape index (κ3) is 4.55. The molecule has 1 heterocycles. The molecule has 2 N–H and O–H groups in total. The highest BCUT2D eigenvalue weighted by Crippen LogP contribution is 2.41. The molecular weight excluding hydrogens is 434 g/mol. The molecule has 0 spiro atoms. The number of hydrogen-bond donors (Lipinski definition) is 1. The summed E-state index contributed by atoms with van der Waals surface area (Å²) in [6.07, 6.45) is 4.34. The fourth-order valence-electron chi connectivity index (χ4n) is 4.97. The standard InChI is InChI=1S/C26H33N3O5/c1-31-19-8-9-21-20(13-19)26(30)29(15-17-7-5-6-16(10-17)14-27)25(28-21)18-11-22(32-2)24(34-4)23(12-18)33-3/h8-9,11-13,16-17H,5-7,10,14-15,27H2,1-4H3. The van der Waals surface area contributed by atoms with E-state index in [2.05, 4.69) is 0 Å². The Bertz CT molecular complexity index is 1200. The van der Waals surface area contributed by atoms with Gasteiger partial charge in [-0.05, 0) is 68.0 Å². The second kappa shape index (κ2) is 10.3. The first kappa shape index (κ1) is 23.9. The van der Waals surface area contributed by atoms with E-state index >= 15 is 0 Å². The van der Waals surface area contributed by atoms with Crippen LogP contribution in [0.3, 0.4) is 0 Å². The molecule has 1 fully saturated rings. The Labute approximate surface area is 199 Å². The molecule has 0 amide bonds. The minimum atomic E-state index is -0.0949. The first-order valence-corrected chi connectivity index (χ1v) is 11.6. The number of fused-ring (bicyclic) bond motifs is 1. The summed E-state index contributed by atoms with van der Waals surface area (Å²) in [5.74, 6) is 3.54. The smallest absolute Gasteiger partial charge is 0.261 e. The molecule has 2 atom stereocenters. The Hall–Kier alpha value is -3.26. The molecule has 1 aromatic heterocycles. The lowest BCUT2D eigenvalue weighted by molar-refractivity contribution is 0.246. The van der Waals surface area contributed by atoms with Crippen molar-refractivity contribution >= 4 is 10.9 Å². The number of rotatable bonds is 8. The first-order valence-electron chi connectivity index (χ1n) is 11.6. The number of benzene rings is 2. The van der Waals surface area contributed by atoms with E-state index in [0.717, 1.165) is 31.2 Å². The molecule has 2 aromatic carbocycles. The zero-order valence-corrected chi connectivity index (χ0v) is 20.3. The van der Waals surface area contributed by atoms with Gasteiger partial charge in [-0.1, -0.05) is 6.42 Å². The van der Waals surface area contributed by atoms with Crippen molar-refractivity contribution in [3.05, 3.63) is 40.7 Å². The molecule has 182 valence electrons. The van der Waals surface area contributed by atoms with Gasteiger partial charge in [0, 0.05) is 12.1 Å². The molecule has 0 bridgehead atoms. The van der Waals surface area contributed by atoms with Gasteiger partial charge in [-0.2, -0.15) is 0 Å². The van der Waals surface area contributed by atoms with Crippen LogP contribution < -0.4 is 30.2 Å². The van der Waals surface area contributed by atoms with E-state index in [9.17, 15) is 4.79 Å². The van der Waals surface area contributed by atoms with Gasteiger partial charge in [0.2, 0.25) is 5.75 Å². The van der Waals surface area contributed by atoms with Gasteiger partial charge in [0.15, 0.2) is 11.5 Å². The lowest BCUT2D eigenvalue weighted by atomic mass is 9.81. The van der Waals surface area contributed by atoms with Crippen molar-refractivity contribution < 1.29 is 18.9 Å². The largest absolute Gasteiger partial charge is 0.497 e. The molecule has 3 aromatic rings. The fraction of sp³-hybridized carbons (Fsp3) is 0.462. The maximum Gasteiger partial charge on any atom is 0.261 e. The summed E-state index contributed by atoms with van der Waals surface area (Å²) < 4.78 is 23.7. The van der Waals surface area contributed by atoms with E-state index < -0.39 is 0 Å². The normalized spacial score (nSPS) is 18.0. The van der Waals surface area contributed by atoms with Gasteiger partial charge < -0.3 is 24.7 Å².